The quantitative estimate of drug-likeness (QED) is 0.457. The number of hydrogen-bond acceptors (Lipinski definition) is 2. The standard InChI is InChI=1S/C10H7Cl2FO2/c11-10(12)5-6(10)9(14)15-8-4-2-1-3-7(8)13/h1-4,6H,5H2. The Morgan fingerprint density at radius 3 is 2.60 bits per heavy atom. The van der Waals surface area contributed by atoms with Crippen molar-refractivity contribution < 1.29 is 13.9 Å². The molecule has 1 aliphatic carbocycles. The summed E-state index contributed by atoms with van der Waals surface area (Å²) in [6.45, 7) is 0. The predicted octanol–water partition coefficient (Wildman–Crippen LogP) is 2.92. The summed E-state index contributed by atoms with van der Waals surface area (Å²) in [5.74, 6) is -1.83. The number of carbonyl (C=O) groups is 1. The van der Waals surface area contributed by atoms with Crippen molar-refractivity contribution in [1.29, 1.82) is 0 Å². The van der Waals surface area contributed by atoms with Crippen LogP contribution in [0.25, 0.3) is 0 Å². The highest BCUT2D eigenvalue weighted by Crippen LogP contribution is 2.53. The van der Waals surface area contributed by atoms with E-state index < -0.39 is 22.0 Å². The third-order valence-electron chi connectivity index (χ3n) is 2.16. The molecule has 1 aromatic rings. The molecule has 1 atom stereocenters. The third-order valence-corrected chi connectivity index (χ3v) is 2.99. The second-order valence-corrected chi connectivity index (χ2v) is 4.91. The van der Waals surface area contributed by atoms with E-state index in [-0.39, 0.29) is 5.75 Å². The number of para-hydroxylation sites is 1. The summed E-state index contributed by atoms with van der Waals surface area (Å²) in [4.78, 5) is 11.4. The van der Waals surface area contributed by atoms with Gasteiger partial charge in [-0.1, -0.05) is 12.1 Å². The molecule has 2 rings (SSSR count). The zero-order valence-electron chi connectivity index (χ0n) is 7.54. The fraction of sp³-hybridized carbons (Fsp3) is 0.300. The maximum absolute atomic E-state index is 13.1. The molecule has 0 amide bonds. The SMILES string of the molecule is O=C(Oc1ccccc1F)C1CC1(Cl)Cl. The molecule has 1 unspecified atom stereocenters. The van der Waals surface area contributed by atoms with Gasteiger partial charge in [-0.05, 0) is 18.6 Å². The summed E-state index contributed by atoms with van der Waals surface area (Å²) in [6, 6.07) is 5.67. The number of esters is 1. The van der Waals surface area contributed by atoms with Gasteiger partial charge < -0.3 is 4.74 Å². The Labute approximate surface area is 95.9 Å². The maximum atomic E-state index is 13.1. The summed E-state index contributed by atoms with van der Waals surface area (Å²) >= 11 is 11.4. The minimum absolute atomic E-state index is 0.0986. The minimum atomic E-state index is -1.04. The van der Waals surface area contributed by atoms with Crippen molar-refractivity contribution in [1.82, 2.24) is 0 Å². The average molecular weight is 249 g/mol. The van der Waals surface area contributed by atoms with Gasteiger partial charge in [0.2, 0.25) is 0 Å². The van der Waals surface area contributed by atoms with E-state index in [0.29, 0.717) is 6.42 Å². The van der Waals surface area contributed by atoms with Crippen molar-refractivity contribution in [2.75, 3.05) is 0 Å². The molecular formula is C10H7Cl2FO2. The van der Waals surface area contributed by atoms with Crippen molar-refractivity contribution in [3.8, 4) is 5.75 Å². The molecule has 0 heterocycles. The number of ether oxygens (including phenoxy) is 1. The van der Waals surface area contributed by atoms with Crippen LogP contribution in [0.1, 0.15) is 6.42 Å². The van der Waals surface area contributed by atoms with E-state index in [9.17, 15) is 9.18 Å². The topological polar surface area (TPSA) is 26.3 Å². The van der Waals surface area contributed by atoms with E-state index in [4.69, 9.17) is 27.9 Å². The van der Waals surface area contributed by atoms with Crippen molar-refractivity contribution in [3.63, 3.8) is 0 Å². The normalized spacial score (nSPS) is 22.2. The van der Waals surface area contributed by atoms with Gasteiger partial charge in [-0.3, -0.25) is 4.79 Å². The first-order valence-corrected chi connectivity index (χ1v) is 5.10. The van der Waals surface area contributed by atoms with Crippen molar-refractivity contribution in [2.45, 2.75) is 10.8 Å². The van der Waals surface area contributed by atoms with E-state index in [1.165, 1.54) is 18.2 Å². The molecule has 1 aromatic carbocycles. The number of carbonyl (C=O) groups excluding carboxylic acids is 1. The Morgan fingerprint density at radius 2 is 2.07 bits per heavy atom. The van der Waals surface area contributed by atoms with Crippen molar-refractivity contribution in [2.24, 2.45) is 5.92 Å². The fourth-order valence-corrected chi connectivity index (χ4v) is 1.66. The molecule has 2 nitrogen and oxygen atoms in total. The van der Waals surface area contributed by atoms with Crippen LogP contribution >= 0.6 is 23.2 Å². The molecule has 0 bridgehead atoms. The third kappa shape index (κ3) is 2.24. The van der Waals surface area contributed by atoms with Crippen LogP contribution in [-0.4, -0.2) is 10.3 Å². The summed E-state index contributed by atoms with van der Waals surface area (Å²) in [5.41, 5.74) is 0. The van der Waals surface area contributed by atoms with Crippen LogP contribution in [0.2, 0.25) is 0 Å². The van der Waals surface area contributed by atoms with Gasteiger partial charge in [0.15, 0.2) is 11.6 Å². The Hall–Kier alpha value is -0.800. The molecule has 0 spiro atoms. The zero-order valence-corrected chi connectivity index (χ0v) is 9.06. The Balaban J connectivity index is 2.05. The highest BCUT2D eigenvalue weighted by atomic mass is 35.5. The molecule has 1 fully saturated rings. The monoisotopic (exact) mass is 248 g/mol. The van der Waals surface area contributed by atoms with Crippen LogP contribution in [0, 0.1) is 11.7 Å². The van der Waals surface area contributed by atoms with Crippen LogP contribution in [0.4, 0.5) is 4.39 Å². The lowest BCUT2D eigenvalue weighted by Crippen LogP contribution is -2.14. The van der Waals surface area contributed by atoms with Crippen LogP contribution in [-0.2, 0) is 4.79 Å². The van der Waals surface area contributed by atoms with Crippen LogP contribution < -0.4 is 4.74 Å². The molecule has 0 aliphatic heterocycles. The van der Waals surface area contributed by atoms with E-state index >= 15 is 0 Å². The summed E-state index contributed by atoms with van der Waals surface area (Å²) in [7, 11) is 0. The molecule has 5 heteroatoms. The Morgan fingerprint density at radius 1 is 1.47 bits per heavy atom. The van der Waals surface area contributed by atoms with E-state index in [0.717, 1.165) is 0 Å². The molecule has 1 saturated carbocycles. The van der Waals surface area contributed by atoms with Crippen molar-refractivity contribution >= 4 is 29.2 Å². The first-order chi connectivity index (χ1) is 7.00. The zero-order chi connectivity index (χ0) is 11.1. The van der Waals surface area contributed by atoms with Gasteiger partial charge in [0, 0.05) is 0 Å². The highest BCUT2D eigenvalue weighted by molar-refractivity contribution is 6.52. The summed E-state index contributed by atoms with van der Waals surface area (Å²) in [6.07, 6.45) is 0.351. The molecule has 0 radical (unpaired) electrons. The van der Waals surface area contributed by atoms with E-state index in [2.05, 4.69) is 0 Å². The highest BCUT2D eigenvalue weighted by Gasteiger charge is 2.57. The van der Waals surface area contributed by atoms with Gasteiger partial charge in [0.1, 0.15) is 4.33 Å². The van der Waals surface area contributed by atoms with E-state index in [1.807, 2.05) is 0 Å². The lowest BCUT2D eigenvalue weighted by molar-refractivity contribution is -0.136. The van der Waals surface area contributed by atoms with E-state index in [1.54, 1.807) is 6.07 Å². The molecule has 0 saturated heterocycles. The van der Waals surface area contributed by atoms with Gasteiger partial charge in [-0.25, -0.2) is 4.39 Å². The number of halogens is 3. The second kappa shape index (κ2) is 3.65. The first-order valence-electron chi connectivity index (χ1n) is 4.35. The lowest BCUT2D eigenvalue weighted by Gasteiger charge is -2.04. The molecule has 0 aromatic heterocycles. The smallest absolute Gasteiger partial charge is 0.317 e. The van der Waals surface area contributed by atoms with Gasteiger partial charge >= 0.3 is 5.97 Å². The second-order valence-electron chi connectivity index (χ2n) is 3.37. The largest absolute Gasteiger partial charge is 0.423 e. The Kier molecular flexibility index (Phi) is 2.61. The predicted molar refractivity (Wildman–Crippen MR) is 54.6 cm³/mol. The molecule has 15 heavy (non-hydrogen) atoms. The van der Waals surface area contributed by atoms with Crippen LogP contribution in [0.15, 0.2) is 24.3 Å². The summed E-state index contributed by atoms with van der Waals surface area (Å²) < 4.78 is 16.9. The number of benzene rings is 1. The molecule has 0 N–H and O–H groups in total. The molecule has 80 valence electrons. The van der Waals surface area contributed by atoms with Crippen molar-refractivity contribution in [3.05, 3.63) is 30.1 Å². The molecule has 1 aliphatic rings. The maximum Gasteiger partial charge on any atom is 0.317 e. The fourth-order valence-electron chi connectivity index (χ4n) is 1.18. The minimum Gasteiger partial charge on any atom is -0.423 e. The lowest BCUT2D eigenvalue weighted by atomic mass is 10.3. The van der Waals surface area contributed by atoms with Gasteiger partial charge in [-0.2, -0.15) is 0 Å². The number of rotatable bonds is 2. The number of hydrogen-bond donors (Lipinski definition) is 0. The first kappa shape index (κ1) is 10.7. The molecular weight excluding hydrogens is 242 g/mol. The summed E-state index contributed by atoms with van der Waals surface area (Å²) in [5, 5.41) is 0. The van der Waals surface area contributed by atoms with Crippen LogP contribution in [0.3, 0.4) is 0 Å². The van der Waals surface area contributed by atoms with Gasteiger partial charge in [0.05, 0.1) is 5.92 Å². The van der Waals surface area contributed by atoms with Gasteiger partial charge in [0.25, 0.3) is 0 Å². The average Bonchev–Trinajstić information content (AvgIpc) is 2.79. The van der Waals surface area contributed by atoms with Crippen LogP contribution in [0.5, 0.6) is 5.75 Å². The number of alkyl halides is 2. The Bertz CT molecular complexity index is 406. The van der Waals surface area contributed by atoms with Gasteiger partial charge in [-0.15, -0.1) is 23.2 Å².